The Balaban J connectivity index is 2.28. The van der Waals surface area contributed by atoms with Crippen LogP contribution in [-0.2, 0) is 13.6 Å². The highest BCUT2D eigenvalue weighted by molar-refractivity contribution is 7.16. The van der Waals surface area contributed by atoms with Crippen molar-refractivity contribution in [3.05, 3.63) is 32.6 Å². The highest BCUT2D eigenvalue weighted by atomic mass is 35.5. The molecule has 0 unspecified atom stereocenters. The fraction of sp³-hybridized carbons (Fsp3) is 0.333. The van der Waals surface area contributed by atoms with Gasteiger partial charge in [0.1, 0.15) is 5.82 Å². The monoisotopic (exact) mass is 283 g/mol. The summed E-state index contributed by atoms with van der Waals surface area (Å²) in [4.78, 5) is 14.3. The summed E-state index contributed by atoms with van der Waals surface area (Å²) in [6.45, 7) is 2.54. The molecule has 2 rings (SSSR count). The van der Waals surface area contributed by atoms with E-state index in [2.05, 4.69) is 5.10 Å². The molecule has 2 heterocycles. The average Bonchev–Trinajstić information content (AvgIpc) is 2.82. The maximum Gasteiger partial charge on any atom is 0.155 e. The predicted octanol–water partition coefficient (Wildman–Crippen LogP) is 2.89. The number of rotatable bonds is 4. The lowest BCUT2D eigenvalue weighted by Crippen LogP contribution is -2.20. The minimum atomic E-state index is 0.641. The van der Waals surface area contributed by atoms with Gasteiger partial charge in [-0.25, -0.2) is 0 Å². The van der Waals surface area contributed by atoms with Crippen LogP contribution in [0, 0.1) is 6.92 Å². The molecule has 0 aliphatic heterocycles. The van der Waals surface area contributed by atoms with E-state index in [9.17, 15) is 4.79 Å². The number of aryl methyl sites for hydroxylation is 2. The quantitative estimate of drug-likeness (QED) is 0.810. The largest absolute Gasteiger partial charge is 0.354 e. The van der Waals surface area contributed by atoms with E-state index in [1.165, 1.54) is 0 Å². The standard InChI is InChI=1S/C12H14ClN3OS/c1-8-10(7-17)12(16(3)14-8)15(2)6-9-4-5-11(13)18-9/h4-5,7H,6H2,1-3H3. The zero-order chi connectivity index (χ0) is 13.3. The lowest BCUT2D eigenvalue weighted by molar-refractivity contribution is 0.112. The van der Waals surface area contributed by atoms with Crippen molar-refractivity contribution in [3.63, 3.8) is 0 Å². The highest BCUT2D eigenvalue weighted by Crippen LogP contribution is 2.26. The second-order valence-corrected chi connectivity index (χ2v) is 5.93. The summed E-state index contributed by atoms with van der Waals surface area (Å²) in [5, 5.41) is 4.27. The number of aldehydes is 1. The van der Waals surface area contributed by atoms with Crippen molar-refractivity contribution in [2.45, 2.75) is 13.5 Å². The molecule has 0 aliphatic rings. The van der Waals surface area contributed by atoms with E-state index in [4.69, 9.17) is 11.6 Å². The molecule has 0 amide bonds. The summed E-state index contributed by atoms with van der Waals surface area (Å²) < 4.78 is 2.50. The molecular weight excluding hydrogens is 270 g/mol. The molecule has 2 aromatic heterocycles. The molecule has 0 saturated heterocycles. The Morgan fingerprint density at radius 1 is 1.56 bits per heavy atom. The maximum atomic E-state index is 11.1. The number of halogens is 1. The number of aromatic nitrogens is 2. The van der Waals surface area contributed by atoms with Gasteiger partial charge in [0.2, 0.25) is 0 Å². The molecule has 4 nitrogen and oxygen atoms in total. The summed E-state index contributed by atoms with van der Waals surface area (Å²) in [5.41, 5.74) is 1.39. The average molecular weight is 284 g/mol. The Morgan fingerprint density at radius 3 is 2.83 bits per heavy atom. The zero-order valence-corrected chi connectivity index (χ0v) is 12.0. The Labute approximate surface area is 115 Å². The van der Waals surface area contributed by atoms with Gasteiger partial charge >= 0.3 is 0 Å². The Kier molecular flexibility index (Phi) is 3.73. The van der Waals surface area contributed by atoms with E-state index in [0.717, 1.165) is 27.0 Å². The molecule has 0 fully saturated rings. The van der Waals surface area contributed by atoms with Gasteiger partial charge in [0.15, 0.2) is 6.29 Å². The molecule has 0 spiro atoms. The number of hydrogen-bond acceptors (Lipinski definition) is 4. The van der Waals surface area contributed by atoms with Gasteiger partial charge in [-0.05, 0) is 19.1 Å². The number of hydrogen-bond donors (Lipinski definition) is 0. The summed E-state index contributed by atoms with van der Waals surface area (Å²) in [6, 6.07) is 3.87. The highest BCUT2D eigenvalue weighted by Gasteiger charge is 2.16. The van der Waals surface area contributed by atoms with Gasteiger partial charge in [0.25, 0.3) is 0 Å². The predicted molar refractivity (Wildman–Crippen MR) is 74.8 cm³/mol. The Hall–Kier alpha value is -1.33. The van der Waals surface area contributed by atoms with Crippen molar-refractivity contribution in [1.82, 2.24) is 9.78 Å². The van der Waals surface area contributed by atoms with Crippen LogP contribution in [-0.4, -0.2) is 23.1 Å². The molecule has 0 aliphatic carbocycles. The molecule has 6 heteroatoms. The van der Waals surface area contributed by atoms with Crippen LogP contribution >= 0.6 is 22.9 Å². The number of carbonyl (C=O) groups is 1. The summed E-state index contributed by atoms with van der Waals surface area (Å²) >= 11 is 7.45. The van der Waals surface area contributed by atoms with Crippen LogP contribution in [0.2, 0.25) is 4.34 Å². The van der Waals surface area contributed by atoms with Gasteiger partial charge in [0, 0.05) is 19.0 Å². The molecular formula is C12H14ClN3OS. The molecule has 0 saturated carbocycles. The van der Waals surface area contributed by atoms with E-state index in [0.29, 0.717) is 12.1 Å². The van der Waals surface area contributed by atoms with E-state index < -0.39 is 0 Å². The van der Waals surface area contributed by atoms with Crippen molar-refractivity contribution >= 4 is 35.0 Å². The molecule has 0 atom stereocenters. The van der Waals surface area contributed by atoms with E-state index in [1.807, 2.05) is 38.1 Å². The fourth-order valence-electron chi connectivity index (χ4n) is 2.00. The van der Waals surface area contributed by atoms with Crippen LogP contribution in [0.25, 0.3) is 0 Å². The second-order valence-electron chi connectivity index (χ2n) is 4.13. The fourth-order valence-corrected chi connectivity index (χ4v) is 3.14. The van der Waals surface area contributed by atoms with Crippen LogP contribution in [0.5, 0.6) is 0 Å². The van der Waals surface area contributed by atoms with Crippen molar-refractivity contribution < 1.29 is 4.79 Å². The Morgan fingerprint density at radius 2 is 2.28 bits per heavy atom. The smallest absolute Gasteiger partial charge is 0.155 e. The molecule has 0 radical (unpaired) electrons. The third-order valence-electron chi connectivity index (χ3n) is 2.74. The number of nitrogens with zero attached hydrogens (tertiary/aromatic N) is 3. The third-order valence-corrected chi connectivity index (χ3v) is 3.95. The van der Waals surface area contributed by atoms with E-state index in [-0.39, 0.29) is 0 Å². The van der Waals surface area contributed by atoms with Gasteiger partial charge in [-0.3, -0.25) is 9.48 Å². The minimum absolute atomic E-state index is 0.641. The van der Waals surface area contributed by atoms with Crippen LogP contribution in [0.1, 0.15) is 20.9 Å². The maximum absolute atomic E-state index is 11.1. The summed E-state index contributed by atoms with van der Waals surface area (Å²) in [6.07, 6.45) is 0.857. The van der Waals surface area contributed by atoms with Crippen molar-refractivity contribution in [3.8, 4) is 0 Å². The molecule has 0 bridgehead atoms. The first-order valence-electron chi connectivity index (χ1n) is 5.47. The van der Waals surface area contributed by atoms with Crippen molar-refractivity contribution in [2.24, 2.45) is 7.05 Å². The Bertz CT molecular complexity index is 576. The SMILES string of the molecule is Cc1nn(C)c(N(C)Cc2ccc(Cl)s2)c1C=O. The zero-order valence-electron chi connectivity index (χ0n) is 10.5. The minimum Gasteiger partial charge on any atom is -0.354 e. The molecule has 0 aromatic carbocycles. The van der Waals surface area contributed by atoms with Crippen molar-refractivity contribution in [2.75, 3.05) is 11.9 Å². The van der Waals surface area contributed by atoms with Gasteiger partial charge in [-0.1, -0.05) is 11.6 Å². The van der Waals surface area contributed by atoms with Crippen LogP contribution < -0.4 is 4.90 Å². The van der Waals surface area contributed by atoms with Gasteiger partial charge in [0.05, 0.1) is 22.1 Å². The topological polar surface area (TPSA) is 38.1 Å². The summed E-state index contributed by atoms with van der Waals surface area (Å²) in [7, 11) is 3.78. The van der Waals surface area contributed by atoms with E-state index in [1.54, 1.807) is 16.0 Å². The van der Waals surface area contributed by atoms with Gasteiger partial charge in [-0.15, -0.1) is 11.3 Å². The molecule has 96 valence electrons. The molecule has 0 N–H and O–H groups in total. The van der Waals surface area contributed by atoms with Crippen LogP contribution in [0.15, 0.2) is 12.1 Å². The lowest BCUT2D eigenvalue weighted by Gasteiger charge is -2.19. The molecule has 18 heavy (non-hydrogen) atoms. The number of anilines is 1. The van der Waals surface area contributed by atoms with Gasteiger partial charge in [-0.2, -0.15) is 5.10 Å². The van der Waals surface area contributed by atoms with Gasteiger partial charge < -0.3 is 4.90 Å². The first-order chi connectivity index (χ1) is 8.52. The van der Waals surface area contributed by atoms with E-state index >= 15 is 0 Å². The first kappa shape index (κ1) is 13.1. The lowest BCUT2D eigenvalue weighted by atomic mass is 10.2. The first-order valence-corrected chi connectivity index (χ1v) is 6.66. The third kappa shape index (κ3) is 2.42. The van der Waals surface area contributed by atoms with Crippen LogP contribution in [0.4, 0.5) is 5.82 Å². The van der Waals surface area contributed by atoms with Crippen molar-refractivity contribution in [1.29, 1.82) is 0 Å². The number of thiophene rings is 1. The van der Waals surface area contributed by atoms with Crippen LogP contribution in [0.3, 0.4) is 0 Å². The number of carbonyl (C=O) groups excluding carboxylic acids is 1. The second kappa shape index (κ2) is 5.12. The molecule has 2 aromatic rings. The summed E-state index contributed by atoms with van der Waals surface area (Å²) in [5.74, 6) is 0.826. The normalized spacial score (nSPS) is 10.7.